The molecule has 0 aliphatic heterocycles. The van der Waals surface area contributed by atoms with E-state index in [0.717, 1.165) is 18.7 Å². The molecule has 0 bridgehead atoms. The summed E-state index contributed by atoms with van der Waals surface area (Å²) < 4.78 is 7.81. The second-order valence-electron chi connectivity index (χ2n) is 5.46. The first-order valence-corrected chi connectivity index (χ1v) is 6.76. The SMILES string of the molecule is CCOC(C)(C)C(Cc1ccn(C(C)C)n1)NC. The molecule has 1 rings (SSSR count). The van der Waals surface area contributed by atoms with E-state index in [2.05, 4.69) is 44.2 Å². The molecule has 0 radical (unpaired) electrons. The van der Waals surface area contributed by atoms with Crippen LogP contribution in [0.25, 0.3) is 0 Å². The first-order valence-electron chi connectivity index (χ1n) is 6.76. The van der Waals surface area contributed by atoms with Gasteiger partial charge < -0.3 is 10.1 Å². The molecule has 1 unspecified atom stereocenters. The van der Waals surface area contributed by atoms with Crippen LogP contribution in [0, 0.1) is 0 Å². The van der Waals surface area contributed by atoms with Crippen molar-refractivity contribution in [1.29, 1.82) is 0 Å². The number of nitrogens with one attached hydrogen (secondary N) is 1. The van der Waals surface area contributed by atoms with E-state index in [0.29, 0.717) is 6.04 Å². The van der Waals surface area contributed by atoms with E-state index in [1.54, 1.807) is 0 Å². The predicted octanol–water partition coefficient (Wildman–Crippen LogP) is 2.41. The second kappa shape index (κ2) is 6.34. The number of nitrogens with zero attached hydrogens (tertiary/aromatic N) is 2. The van der Waals surface area contributed by atoms with E-state index >= 15 is 0 Å². The molecule has 1 heterocycles. The zero-order chi connectivity index (χ0) is 13.8. The van der Waals surface area contributed by atoms with Crippen molar-refractivity contribution in [1.82, 2.24) is 15.1 Å². The summed E-state index contributed by atoms with van der Waals surface area (Å²) >= 11 is 0. The Morgan fingerprint density at radius 2 is 2.11 bits per heavy atom. The van der Waals surface area contributed by atoms with Crippen LogP contribution in [-0.4, -0.2) is 35.1 Å². The van der Waals surface area contributed by atoms with E-state index in [-0.39, 0.29) is 11.6 Å². The highest BCUT2D eigenvalue weighted by Crippen LogP contribution is 2.18. The minimum Gasteiger partial charge on any atom is -0.374 e. The van der Waals surface area contributed by atoms with E-state index < -0.39 is 0 Å². The number of aromatic nitrogens is 2. The summed E-state index contributed by atoms with van der Waals surface area (Å²) in [6.45, 7) is 11.3. The van der Waals surface area contributed by atoms with Crippen molar-refractivity contribution < 1.29 is 4.74 Å². The van der Waals surface area contributed by atoms with Crippen molar-refractivity contribution in [3.8, 4) is 0 Å². The third-order valence-corrected chi connectivity index (χ3v) is 3.31. The van der Waals surface area contributed by atoms with Crippen molar-refractivity contribution >= 4 is 0 Å². The van der Waals surface area contributed by atoms with Gasteiger partial charge in [-0.3, -0.25) is 4.68 Å². The van der Waals surface area contributed by atoms with Crippen molar-refractivity contribution in [3.05, 3.63) is 18.0 Å². The number of likely N-dealkylation sites (N-methyl/N-ethyl adjacent to an activating group) is 1. The zero-order valence-electron chi connectivity index (χ0n) is 12.5. The van der Waals surface area contributed by atoms with Crippen molar-refractivity contribution in [2.75, 3.05) is 13.7 Å². The molecule has 1 atom stereocenters. The minimum atomic E-state index is -0.189. The molecular formula is C14H27N3O. The topological polar surface area (TPSA) is 39.1 Å². The predicted molar refractivity (Wildman–Crippen MR) is 74.9 cm³/mol. The van der Waals surface area contributed by atoms with E-state index in [1.165, 1.54) is 0 Å². The number of hydrogen-bond acceptors (Lipinski definition) is 3. The molecule has 104 valence electrons. The van der Waals surface area contributed by atoms with Gasteiger partial charge in [0.2, 0.25) is 0 Å². The summed E-state index contributed by atoms with van der Waals surface area (Å²) in [5, 5.41) is 7.93. The van der Waals surface area contributed by atoms with E-state index in [4.69, 9.17) is 4.74 Å². The lowest BCUT2D eigenvalue weighted by atomic mass is 9.94. The van der Waals surface area contributed by atoms with Crippen molar-refractivity contribution in [2.24, 2.45) is 0 Å². The Kier molecular flexibility index (Phi) is 5.35. The highest BCUT2D eigenvalue weighted by Gasteiger charge is 2.29. The Hall–Kier alpha value is -0.870. The van der Waals surface area contributed by atoms with Crippen molar-refractivity contribution in [3.63, 3.8) is 0 Å². The third-order valence-electron chi connectivity index (χ3n) is 3.31. The van der Waals surface area contributed by atoms with Gasteiger partial charge in [-0.25, -0.2) is 0 Å². The molecular weight excluding hydrogens is 226 g/mol. The van der Waals surface area contributed by atoms with Crippen LogP contribution in [0.5, 0.6) is 0 Å². The highest BCUT2D eigenvalue weighted by molar-refractivity contribution is 5.04. The molecule has 4 heteroatoms. The molecule has 1 N–H and O–H groups in total. The van der Waals surface area contributed by atoms with Crippen LogP contribution in [-0.2, 0) is 11.2 Å². The Morgan fingerprint density at radius 1 is 1.44 bits per heavy atom. The molecule has 18 heavy (non-hydrogen) atoms. The summed E-state index contributed by atoms with van der Waals surface area (Å²) in [7, 11) is 1.98. The first-order chi connectivity index (χ1) is 8.40. The largest absolute Gasteiger partial charge is 0.374 e. The molecule has 0 amide bonds. The molecule has 0 aliphatic rings. The lowest BCUT2D eigenvalue weighted by Gasteiger charge is -2.33. The summed E-state index contributed by atoms with van der Waals surface area (Å²) in [5.74, 6) is 0. The highest BCUT2D eigenvalue weighted by atomic mass is 16.5. The minimum absolute atomic E-state index is 0.189. The molecule has 1 aromatic rings. The normalized spacial score (nSPS) is 14.2. The molecule has 0 saturated heterocycles. The van der Waals surface area contributed by atoms with Crippen LogP contribution in [0.4, 0.5) is 0 Å². The second-order valence-corrected chi connectivity index (χ2v) is 5.46. The zero-order valence-corrected chi connectivity index (χ0v) is 12.5. The average Bonchev–Trinajstić information content (AvgIpc) is 2.74. The van der Waals surface area contributed by atoms with Crippen LogP contribution in [0.3, 0.4) is 0 Å². The number of rotatable bonds is 7. The fourth-order valence-corrected chi connectivity index (χ4v) is 2.15. The van der Waals surface area contributed by atoms with Crippen LogP contribution >= 0.6 is 0 Å². The van der Waals surface area contributed by atoms with Gasteiger partial charge in [0.15, 0.2) is 0 Å². The standard InChI is InChI=1S/C14H27N3O/c1-7-18-14(4,5)13(15-6)10-12-8-9-17(16-12)11(2)3/h8-9,11,13,15H,7,10H2,1-6H3. The van der Waals surface area contributed by atoms with Crippen LogP contribution in [0.15, 0.2) is 12.3 Å². The van der Waals surface area contributed by atoms with E-state index in [9.17, 15) is 0 Å². The Bertz CT molecular complexity index is 358. The van der Waals surface area contributed by atoms with Crippen LogP contribution < -0.4 is 5.32 Å². The quantitative estimate of drug-likeness (QED) is 0.811. The maximum absolute atomic E-state index is 5.81. The monoisotopic (exact) mass is 253 g/mol. The Balaban J connectivity index is 2.73. The van der Waals surface area contributed by atoms with Gasteiger partial charge in [0.05, 0.1) is 11.3 Å². The maximum Gasteiger partial charge on any atom is 0.0782 e. The maximum atomic E-state index is 5.81. The van der Waals surface area contributed by atoms with Crippen molar-refractivity contribution in [2.45, 2.75) is 58.7 Å². The van der Waals surface area contributed by atoms with Crippen LogP contribution in [0.1, 0.15) is 46.4 Å². The lowest BCUT2D eigenvalue weighted by Crippen LogP contribution is -2.48. The Labute approximate surface area is 111 Å². The third kappa shape index (κ3) is 3.82. The molecule has 1 aromatic heterocycles. The van der Waals surface area contributed by atoms with Gasteiger partial charge in [-0.05, 0) is 47.7 Å². The molecule has 0 spiro atoms. The lowest BCUT2D eigenvalue weighted by molar-refractivity contribution is -0.0365. The number of hydrogen-bond donors (Lipinski definition) is 1. The molecule has 0 fully saturated rings. The summed E-state index contributed by atoms with van der Waals surface area (Å²) in [4.78, 5) is 0. The van der Waals surface area contributed by atoms with Gasteiger partial charge in [0.25, 0.3) is 0 Å². The molecule has 0 aromatic carbocycles. The van der Waals surface area contributed by atoms with Gasteiger partial charge in [-0.15, -0.1) is 0 Å². The molecule has 0 saturated carbocycles. The Morgan fingerprint density at radius 3 is 2.56 bits per heavy atom. The molecule has 4 nitrogen and oxygen atoms in total. The van der Waals surface area contributed by atoms with Gasteiger partial charge in [-0.1, -0.05) is 0 Å². The van der Waals surface area contributed by atoms with Crippen LogP contribution in [0.2, 0.25) is 0 Å². The average molecular weight is 253 g/mol. The fraction of sp³-hybridized carbons (Fsp3) is 0.786. The summed E-state index contributed by atoms with van der Waals surface area (Å²) in [6, 6.07) is 2.76. The van der Waals surface area contributed by atoms with Gasteiger partial charge in [0, 0.05) is 31.3 Å². The van der Waals surface area contributed by atoms with Gasteiger partial charge in [-0.2, -0.15) is 5.10 Å². The van der Waals surface area contributed by atoms with Gasteiger partial charge >= 0.3 is 0 Å². The fourth-order valence-electron chi connectivity index (χ4n) is 2.15. The van der Waals surface area contributed by atoms with E-state index in [1.807, 2.05) is 24.9 Å². The summed E-state index contributed by atoms with van der Waals surface area (Å²) in [5.41, 5.74) is 0.918. The smallest absolute Gasteiger partial charge is 0.0782 e. The summed E-state index contributed by atoms with van der Waals surface area (Å²) in [6.07, 6.45) is 2.92. The molecule has 0 aliphatic carbocycles. The number of ether oxygens (including phenoxy) is 1. The first kappa shape index (κ1) is 15.2. The van der Waals surface area contributed by atoms with Gasteiger partial charge in [0.1, 0.15) is 0 Å².